The molecule has 0 aromatic carbocycles. The van der Waals surface area contributed by atoms with Gasteiger partial charge in [-0.25, -0.2) is 9.97 Å². The molecular formula is C19H17N3O4S2. The molecule has 9 heteroatoms. The first-order valence-electron chi connectivity index (χ1n) is 8.75. The second-order valence-electron chi connectivity index (χ2n) is 6.55. The minimum absolute atomic E-state index is 0.374. The van der Waals surface area contributed by atoms with Crippen LogP contribution in [0.2, 0.25) is 0 Å². The molecule has 1 saturated heterocycles. The predicted molar refractivity (Wildman–Crippen MR) is 107 cm³/mol. The molecule has 3 N–H and O–H groups in total. The van der Waals surface area contributed by atoms with E-state index in [1.807, 2.05) is 12.1 Å². The Kier molecular flexibility index (Phi) is 4.50. The molecule has 1 aliphatic heterocycles. The Bertz CT molecular complexity index is 1110. The Morgan fingerprint density at radius 2 is 1.89 bits per heavy atom. The van der Waals surface area contributed by atoms with Gasteiger partial charge >= 0.3 is 0 Å². The lowest BCUT2D eigenvalue weighted by molar-refractivity contribution is -0.0511. The Hall–Kier alpha value is -2.14. The zero-order chi connectivity index (χ0) is 19.3. The van der Waals surface area contributed by atoms with Gasteiger partial charge in [0.05, 0.1) is 12.9 Å². The number of ether oxygens (including phenoxy) is 1. The average molecular weight is 415 g/mol. The van der Waals surface area contributed by atoms with Crippen molar-refractivity contribution in [3.63, 3.8) is 0 Å². The first kappa shape index (κ1) is 17.9. The highest BCUT2D eigenvalue weighted by Crippen LogP contribution is 2.39. The van der Waals surface area contributed by atoms with Gasteiger partial charge in [-0.2, -0.15) is 0 Å². The molecule has 0 spiro atoms. The van der Waals surface area contributed by atoms with Gasteiger partial charge in [0, 0.05) is 26.4 Å². The fraction of sp³-hybridized carbons (Fsp3) is 0.263. The third kappa shape index (κ3) is 2.79. The highest BCUT2D eigenvalue weighted by atomic mass is 32.1. The summed E-state index contributed by atoms with van der Waals surface area (Å²) in [5.74, 6) is 0. The summed E-state index contributed by atoms with van der Waals surface area (Å²) < 4.78 is 7.23. The number of fused-ring (bicyclic) bond motifs is 1. The van der Waals surface area contributed by atoms with E-state index in [0.29, 0.717) is 11.2 Å². The zero-order valence-corrected chi connectivity index (χ0v) is 16.2. The number of hydrogen-bond donors (Lipinski definition) is 3. The van der Waals surface area contributed by atoms with Crippen molar-refractivity contribution in [2.75, 3.05) is 6.61 Å². The van der Waals surface area contributed by atoms with E-state index in [1.54, 1.807) is 39.8 Å². The van der Waals surface area contributed by atoms with Crippen molar-refractivity contribution in [1.29, 1.82) is 0 Å². The van der Waals surface area contributed by atoms with Crippen molar-refractivity contribution in [2.24, 2.45) is 0 Å². The number of pyridine rings is 1. The smallest absolute Gasteiger partial charge is 0.165 e. The molecule has 5 heterocycles. The van der Waals surface area contributed by atoms with Crippen LogP contribution in [-0.4, -0.2) is 54.8 Å². The lowest BCUT2D eigenvalue weighted by atomic mass is 10.1. The van der Waals surface area contributed by atoms with Gasteiger partial charge < -0.3 is 20.1 Å². The summed E-state index contributed by atoms with van der Waals surface area (Å²) >= 11 is 3.39. The molecule has 28 heavy (non-hydrogen) atoms. The molecule has 0 bridgehead atoms. The second-order valence-corrected chi connectivity index (χ2v) is 8.58. The molecule has 5 rings (SSSR count). The molecule has 0 aliphatic carbocycles. The van der Waals surface area contributed by atoms with Gasteiger partial charge in [0.2, 0.25) is 0 Å². The van der Waals surface area contributed by atoms with Crippen LogP contribution in [-0.2, 0) is 4.74 Å². The number of hydrogen-bond acceptors (Lipinski definition) is 8. The molecule has 0 saturated carbocycles. The predicted octanol–water partition coefficient (Wildman–Crippen LogP) is 2.50. The normalized spacial score (nSPS) is 25.0. The van der Waals surface area contributed by atoms with Crippen molar-refractivity contribution in [3.8, 4) is 20.2 Å². The van der Waals surface area contributed by atoms with Crippen LogP contribution in [0.15, 0.2) is 48.2 Å². The lowest BCUT2D eigenvalue weighted by Gasteiger charge is -2.16. The Morgan fingerprint density at radius 1 is 1.04 bits per heavy atom. The molecule has 1 fully saturated rings. The molecule has 1 aliphatic rings. The number of nitrogens with zero attached hydrogens (tertiary/aromatic N) is 3. The van der Waals surface area contributed by atoms with Crippen LogP contribution in [0, 0.1) is 0 Å². The molecule has 1 unspecified atom stereocenters. The van der Waals surface area contributed by atoms with E-state index in [2.05, 4.69) is 33.5 Å². The quantitative estimate of drug-likeness (QED) is 0.474. The standard InChI is InChI=1S/C19H17N3O4S2/c23-8-11-16(24)17(25)19(26-11)22-9-21-15-10(5-6-20-18(15)22)12-3-4-14(28-12)13-2-1-7-27-13/h1-7,9,11,16-17,19,23-25H,8H2/t11-,16?,17+,19-/m1/s1. The topological polar surface area (TPSA) is 101 Å². The van der Waals surface area contributed by atoms with Gasteiger partial charge in [0.25, 0.3) is 0 Å². The Balaban J connectivity index is 1.55. The minimum atomic E-state index is -1.17. The molecule has 0 radical (unpaired) electrons. The molecule has 0 amide bonds. The maximum absolute atomic E-state index is 10.3. The molecular weight excluding hydrogens is 398 g/mol. The molecule has 7 nitrogen and oxygen atoms in total. The summed E-state index contributed by atoms with van der Waals surface area (Å²) in [4.78, 5) is 12.4. The number of rotatable bonds is 4. The molecule has 4 aromatic heterocycles. The second kappa shape index (κ2) is 7.03. The largest absolute Gasteiger partial charge is 0.394 e. The molecule has 4 aromatic rings. The first-order valence-corrected chi connectivity index (χ1v) is 10.4. The fourth-order valence-corrected chi connectivity index (χ4v) is 5.33. The Morgan fingerprint density at radius 3 is 2.64 bits per heavy atom. The first-order chi connectivity index (χ1) is 13.7. The monoisotopic (exact) mass is 415 g/mol. The number of aliphatic hydroxyl groups excluding tert-OH is 3. The number of imidazole rings is 1. The van der Waals surface area contributed by atoms with Crippen molar-refractivity contribution in [2.45, 2.75) is 24.5 Å². The van der Waals surface area contributed by atoms with E-state index in [1.165, 1.54) is 9.75 Å². The SMILES string of the molecule is OC[C@H]1O[C@@H](n2cnc3c(-c4ccc(-c5cccs5)s4)ccnc32)[C@@H](O)C1O. The number of thiophene rings is 2. The fourth-order valence-electron chi connectivity index (χ4n) is 3.46. The summed E-state index contributed by atoms with van der Waals surface area (Å²) in [6, 6.07) is 10.2. The van der Waals surface area contributed by atoms with Crippen LogP contribution in [0.4, 0.5) is 0 Å². The third-order valence-electron chi connectivity index (χ3n) is 4.89. The van der Waals surface area contributed by atoms with E-state index >= 15 is 0 Å². The minimum Gasteiger partial charge on any atom is -0.394 e. The van der Waals surface area contributed by atoms with E-state index in [9.17, 15) is 15.3 Å². The highest BCUT2D eigenvalue weighted by molar-refractivity contribution is 7.23. The van der Waals surface area contributed by atoms with Crippen molar-refractivity contribution in [1.82, 2.24) is 14.5 Å². The van der Waals surface area contributed by atoms with Crippen LogP contribution in [0.25, 0.3) is 31.4 Å². The van der Waals surface area contributed by atoms with Crippen molar-refractivity contribution < 1.29 is 20.1 Å². The number of aliphatic hydroxyl groups is 3. The maximum atomic E-state index is 10.3. The van der Waals surface area contributed by atoms with Gasteiger partial charge in [-0.15, -0.1) is 22.7 Å². The van der Waals surface area contributed by atoms with Crippen LogP contribution < -0.4 is 0 Å². The summed E-state index contributed by atoms with van der Waals surface area (Å²) in [5, 5.41) is 31.7. The van der Waals surface area contributed by atoms with E-state index in [0.717, 1.165) is 10.4 Å². The Labute approximate surface area is 168 Å². The van der Waals surface area contributed by atoms with Gasteiger partial charge in [0.15, 0.2) is 11.9 Å². The summed E-state index contributed by atoms with van der Waals surface area (Å²) in [7, 11) is 0. The van der Waals surface area contributed by atoms with Crippen LogP contribution in [0.5, 0.6) is 0 Å². The molecule has 144 valence electrons. The number of aromatic nitrogens is 3. The van der Waals surface area contributed by atoms with E-state index in [-0.39, 0.29) is 6.61 Å². The summed E-state index contributed by atoms with van der Waals surface area (Å²) in [6.45, 7) is -0.374. The third-order valence-corrected chi connectivity index (χ3v) is 7.07. The van der Waals surface area contributed by atoms with Gasteiger partial charge in [-0.3, -0.25) is 4.57 Å². The zero-order valence-electron chi connectivity index (χ0n) is 14.5. The maximum Gasteiger partial charge on any atom is 0.165 e. The van der Waals surface area contributed by atoms with Crippen LogP contribution in [0.3, 0.4) is 0 Å². The van der Waals surface area contributed by atoms with Crippen molar-refractivity contribution in [3.05, 3.63) is 48.2 Å². The van der Waals surface area contributed by atoms with E-state index < -0.39 is 24.5 Å². The van der Waals surface area contributed by atoms with Crippen LogP contribution >= 0.6 is 22.7 Å². The summed E-state index contributed by atoms with van der Waals surface area (Å²) in [6.07, 6.45) is -0.790. The van der Waals surface area contributed by atoms with Gasteiger partial charge in [-0.05, 0) is 29.6 Å². The van der Waals surface area contributed by atoms with Gasteiger partial charge in [-0.1, -0.05) is 6.07 Å². The van der Waals surface area contributed by atoms with E-state index in [4.69, 9.17) is 4.74 Å². The van der Waals surface area contributed by atoms with Crippen LogP contribution in [0.1, 0.15) is 6.23 Å². The highest BCUT2D eigenvalue weighted by Gasteiger charge is 2.44. The average Bonchev–Trinajstić information content (AvgIpc) is 3.49. The van der Waals surface area contributed by atoms with Gasteiger partial charge in [0.1, 0.15) is 23.8 Å². The van der Waals surface area contributed by atoms with Crippen molar-refractivity contribution >= 4 is 33.8 Å². The lowest BCUT2D eigenvalue weighted by Crippen LogP contribution is -2.33. The molecule has 4 atom stereocenters. The summed E-state index contributed by atoms with van der Waals surface area (Å²) in [5.41, 5.74) is 2.20.